The van der Waals surface area contributed by atoms with Crippen LogP contribution in [-0.2, 0) is 19.4 Å². The molecule has 0 aromatic carbocycles. The highest BCUT2D eigenvalue weighted by Crippen LogP contribution is 2.26. The molecule has 0 amide bonds. The van der Waals surface area contributed by atoms with E-state index in [2.05, 4.69) is 55.6 Å². The Morgan fingerprint density at radius 2 is 2.26 bits per heavy atom. The molecule has 7 heteroatoms. The Kier molecular flexibility index (Phi) is 4.71. The van der Waals surface area contributed by atoms with Crippen LogP contribution in [0.4, 0.5) is 0 Å². The van der Waals surface area contributed by atoms with Gasteiger partial charge in [0.2, 0.25) is 0 Å². The largest absolute Gasteiger partial charge is 0.311 e. The molecule has 0 spiro atoms. The first-order valence-electron chi connectivity index (χ1n) is 6.48. The van der Waals surface area contributed by atoms with Crippen LogP contribution in [-0.4, -0.2) is 32.2 Å². The number of aryl methyl sites for hydroxylation is 2. The van der Waals surface area contributed by atoms with E-state index in [1.54, 1.807) is 6.20 Å². The predicted octanol–water partition coefficient (Wildman–Crippen LogP) is 1.85. The highest BCUT2D eigenvalue weighted by atomic mass is 79.9. The molecule has 2 aromatic rings. The van der Waals surface area contributed by atoms with E-state index in [1.165, 1.54) is 5.69 Å². The molecule has 0 bridgehead atoms. The maximum absolute atomic E-state index is 4.61. The van der Waals surface area contributed by atoms with Crippen molar-refractivity contribution in [2.24, 2.45) is 0 Å². The highest BCUT2D eigenvalue weighted by Gasteiger charge is 2.20. The zero-order valence-electron chi connectivity index (χ0n) is 11.4. The quantitative estimate of drug-likeness (QED) is 0.849. The number of likely N-dealkylation sites (N-methyl/N-ethyl adjacent to an activating group) is 1. The number of nitrogens with one attached hydrogen (secondary N) is 2. The van der Waals surface area contributed by atoms with Crippen LogP contribution < -0.4 is 5.32 Å². The van der Waals surface area contributed by atoms with Gasteiger partial charge < -0.3 is 5.32 Å². The van der Waals surface area contributed by atoms with Crippen LogP contribution >= 0.6 is 15.9 Å². The molecule has 1 atom stereocenters. The van der Waals surface area contributed by atoms with Crippen molar-refractivity contribution in [1.82, 2.24) is 30.5 Å². The van der Waals surface area contributed by atoms with E-state index in [9.17, 15) is 0 Å². The number of hydrogen-bond donors (Lipinski definition) is 2. The minimum absolute atomic E-state index is 0.127. The van der Waals surface area contributed by atoms with Crippen molar-refractivity contribution in [3.8, 4) is 0 Å². The Bertz CT molecular complexity index is 519. The number of nitrogens with zero attached hydrogens (tertiary/aromatic N) is 4. The first kappa shape index (κ1) is 14.2. The van der Waals surface area contributed by atoms with E-state index < -0.39 is 0 Å². The molecular weight excluding hydrogens is 308 g/mol. The summed E-state index contributed by atoms with van der Waals surface area (Å²) < 4.78 is 3.16. The van der Waals surface area contributed by atoms with E-state index >= 15 is 0 Å². The lowest BCUT2D eigenvalue weighted by atomic mass is 10.1. The lowest BCUT2D eigenvalue weighted by Crippen LogP contribution is -2.21. The Morgan fingerprint density at radius 1 is 1.47 bits per heavy atom. The molecule has 6 nitrogen and oxygen atoms in total. The maximum Gasteiger partial charge on any atom is 0.0997 e. The van der Waals surface area contributed by atoms with Crippen LogP contribution in [0.5, 0.6) is 0 Å². The molecule has 0 fully saturated rings. The monoisotopic (exact) mass is 326 g/mol. The van der Waals surface area contributed by atoms with Crippen molar-refractivity contribution in [2.75, 3.05) is 7.05 Å². The number of aromatic nitrogens is 5. The van der Waals surface area contributed by atoms with E-state index in [1.807, 2.05) is 11.7 Å². The second-order valence-electron chi connectivity index (χ2n) is 4.32. The number of aromatic amines is 1. The van der Waals surface area contributed by atoms with Gasteiger partial charge in [0.25, 0.3) is 0 Å². The molecule has 0 saturated heterocycles. The highest BCUT2D eigenvalue weighted by molar-refractivity contribution is 9.10. The molecule has 2 N–H and O–H groups in total. The van der Waals surface area contributed by atoms with Gasteiger partial charge in [0.1, 0.15) is 0 Å². The van der Waals surface area contributed by atoms with Crippen molar-refractivity contribution in [3.05, 3.63) is 27.8 Å². The van der Waals surface area contributed by atoms with Crippen LogP contribution in [0.15, 0.2) is 10.7 Å². The Balaban J connectivity index is 2.29. The fraction of sp³-hybridized carbons (Fsp3) is 0.583. The van der Waals surface area contributed by atoms with Gasteiger partial charge in [0.15, 0.2) is 0 Å². The van der Waals surface area contributed by atoms with Crippen LogP contribution in [0.25, 0.3) is 0 Å². The molecule has 0 aliphatic carbocycles. The Labute approximate surface area is 121 Å². The fourth-order valence-electron chi connectivity index (χ4n) is 2.14. The zero-order valence-corrected chi connectivity index (χ0v) is 13.0. The topological polar surface area (TPSA) is 71.4 Å². The summed E-state index contributed by atoms with van der Waals surface area (Å²) in [7, 11) is 1.93. The van der Waals surface area contributed by atoms with Gasteiger partial charge in [-0.05, 0) is 36.3 Å². The SMILES string of the molecule is CCc1nn(CC)c(CC(NC)c2cn[nH]n2)c1Br. The fourth-order valence-corrected chi connectivity index (χ4v) is 2.86. The van der Waals surface area contributed by atoms with Crippen molar-refractivity contribution in [2.45, 2.75) is 39.3 Å². The first-order valence-corrected chi connectivity index (χ1v) is 7.27. The summed E-state index contributed by atoms with van der Waals surface area (Å²) >= 11 is 3.67. The second kappa shape index (κ2) is 6.29. The van der Waals surface area contributed by atoms with E-state index in [0.29, 0.717) is 0 Å². The predicted molar refractivity (Wildman–Crippen MR) is 76.9 cm³/mol. The van der Waals surface area contributed by atoms with Gasteiger partial charge in [0.05, 0.1) is 33.8 Å². The third-order valence-electron chi connectivity index (χ3n) is 3.23. The third kappa shape index (κ3) is 2.87. The molecule has 0 aliphatic rings. The number of H-pyrrole nitrogens is 1. The minimum Gasteiger partial charge on any atom is -0.311 e. The summed E-state index contributed by atoms with van der Waals surface area (Å²) in [6.45, 7) is 5.08. The summed E-state index contributed by atoms with van der Waals surface area (Å²) in [5.41, 5.74) is 3.21. The second-order valence-corrected chi connectivity index (χ2v) is 5.11. The van der Waals surface area contributed by atoms with Gasteiger partial charge in [-0.3, -0.25) is 4.68 Å². The molecule has 0 aliphatic heterocycles. The Morgan fingerprint density at radius 3 is 2.79 bits per heavy atom. The van der Waals surface area contributed by atoms with Crippen molar-refractivity contribution in [1.29, 1.82) is 0 Å². The van der Waals surface area contributed by atoms with Crippen molar-refractivity contribution in [3.63, 3.8) is 0 Å². The number of halogens is 1. The summed E-state index contributed by atoms with van der Waals surface area (Å²) in [4.78, 5) is 0. The van der Waals surface area contributed by atoms with Crippen molar-refractivity contribution >= 4 is 15.9 Å². The molecule has 1 unspecified atom stereocenters. The molecule has 2 aromatic heterocycles. The minimum atomic E-state index is 0.127. The molecule has 0 saturated carbocycles. The maximum atomic E-state index is 4.61. The summed E-state index contributed by atoms with van der Waals surface area (Å²) in [5.74, 6) is 0. The van der Waals surface area contributed by atoms with Crippen LogP contribution in [0, 0.1) is 0 Å². The van der Waals surface area contributed by atoms with Gasteiger partial charge in [-0.2, -0.15) is 20.5 Å². The smallest absolute Gasteiger partial charge is 0.0997 e. The molecule has 0 radical (unpaired) electrons. The van der Waals surface area contributed by atoms with Gasteiger partial charge >= 0.3 is 0 Å². The van der Waals surface area contributed by atoms with Crippen molar-refractivity contribution < 1.29 is 0 Å². The molecule has 2 rings (SSSR count). The molecule has 104 valence electrons. The molecular formula is C12H19BrN6. The van der Waals surface area contributed by atoms with Crippen LogP contribution in [0.2, 0.25) is 0 Å². The standard InChI is InChI=1S/C12H19BrN6/c1-4-8-12(13)11(19(5-2)17-8)6-9(14-3)10-7-15-18-16-10/h7,9,14H,4-6H2,1-3H3,(H,15,16,18). The first-order chi connectivity index (χ1) is 9.21. The van der Waals surface area contributed by atoms with Gasteiger partial charge in [-0.1, -0.05) is 6.92 Å². The normalized spacial score (nSPS) is 12.8. The zero-order chi connectivity index (χ0) is 13.8. The lowest BCUT2D eigenvalue weighted by Gasteiger charge is -2.14. The molecule has 2 heterocycles. The average Bonchev–Trinajstić information content (AvgIpc) is 3.04. The van der Waals surface area contributed by atoms with E-state index in [-0.39, 0.29) is 6.04 Å². The summed E-state index contributed by atoms with van der Waals surface area (Å²) in [6.07, 6.45) is 3.50. The van der Waals surface area contributed by atoms with Crippen LogP contribution in [0.3, 0.4) is 0 Å². The summed E-state index contributed by atoms with van der Waals surface area (Å²) in [5, 5.41) is 18.6. The number of rotatable bonds is 6. The van der Waals surface area contributed by atoms with Gasteiger partial charge in [0, 0.05) is 13.0 Å². The van der Waals surface area contributed by atoms with Gasteiger partial charge in [-0.15, -0.1) is 0 Å². The van der Waals surface area contributed by atoms with E-state index in [0.717, 1.165) is 35.2 Å². The lowest BCUT2D eigenvalue weighted by molar-refractivity contribution is 0.529. The third-order valence-corrected chi connectivity index (χ3v) is 4.15. The molecule has 19 heavy (non-hydrogen) atoms. The summed E-state index contributed by atoms with van der Waals surface area (Å²) in [6, 6.07) is 0.127. The van der Waals surface area contributed by atoms with Crippen LogP contribution in [0.1, 0.15) is 37.0 Å². The Hall–Kier alpha value is -1.21. The number of hydrogen-bond acceptors (Lipinski definition) is 4. The average molecular weight is 327 g/mol. The van der Waals surface area contributed by atoms with E-state index in [4.69, 9.17) is 0 Å². The van der Waals surface area contributed by atoms with Gasteiger partial charge in [-0.25, -0.2) is 0 Å².